The number of rotatable bonds is 9. The number of aliphatic hydroxyl groups excluding tert-OH is 1. The van der Waals surface area contributed by atoms with E-state index in [2.05, 4.69) is 5.32 Å². The molecule has 5 heteroatoms. The molecule has 0 fully saturated rings. The number of benzene rings is 2. The average molecular weight is 376 g/mol. The Kier molecular flexibility index (Phi) is 8.60. The Balaban J connectivity index is 1.93. The van der Waals surface area contributed by atoms with E-state index in [1.54, 1.807) is 17.8 Å². The zero-order valence-corrected chi connectivity index (χ0v) is 15.5. The Morgan fingerprint density at radius 3 is 2.60 bits per heavy atom. The number of unbranched alkanes of at least 4 members (excludes halogenated alkanes) is 2. The highest BCUT2D eigenvalue weighted by molar-refractivity contribution is 7.99. The maximum atomic E-state index is 11.9. The standard InChI is InChI=1S/C20H22ClNO2S/c21-17-9-11-18(12-10-17)25-19-7-3-2-6-16(19)8-13-20(24)22-14-4-1-5-15-23/h2-3,6-13,23H,1,4-5,14-15H2,(H,22,24)/b13-8+. The molecule has 0 saturated carbocycles. The van der Waals surface area contributed by atoms with Crippen molar-refractivity contribution in [3.63, 3.8) is 0 Å². The van der Waals surface area contributed by atoms with Crippen LogP contribution in [0.4, 0.5) is 0 Å². The quantitative estimate of drug-likeness (QED) is 0.489. The van der Waals surface area contributed by atoms with Gasteiger partial charge < -0.3 is 10.4 Å². The number of hydrogen-bond acceptors (Lipinski definition) is 3. The van der Waals surface area contributed by atoms with Gasteiger partial charge in [0, 0.05) is 34.0 Å². The summed E-state index contributed by atoms with van der Waals surface area (Å²) >= 11 is 7.56. The van der Waals surface area contributed by atoms with Gasteiger partial charge in [-0.3, -0.25) is 4.79 Å². The van der Waals surface area contributed by atoms with Crippen molar-refractivity contribution in [1.29, 1.82) is 0 Å². The van der Waals surface area contributed by atoms with Crippen molar-refractivity contribution in [2.45, 2.75) is 29.1 Å². The Morgan fingerprint density at radius 2 is 1.84 bits per heavy atom. The van der Waals surface area contributed by atoms with E-state index in [9.17, 15) is 4.79 Å². The van der Waals surface area contributed by atoms with E-state index >= 15 is 0 Å². The van der Waals surface area contributed by atoms with Gasteiger partial charge in [0.25, 0.3) is 0 Å². The smallest absolute Gasteiger partial charge is 0.243 e. The van der Waals surface area contributed by atoms with Crippen molar-refractivity contribution in [2.24, 2.45) is 0 Å². The van der Waals surface area contributed by atoms with Crippen molar-refractivity contribution < 1.29 is 9.90 Å². The zero-order chi connectivity index (χ0) is 17.9. The molecular weight excluding hydrogens is 354 g/mol. The lowest BCUT2D eigenvalue weighted by Gasteiger charge is -2.06. The van der Waals surface area contributed by atoms with Gasteiger partial charge in [0.2, 0.25) is 5.91 Å². The van der Waals surface area contributed by atoms with E-state index in [-0.39, 0.29) is 12.5 Å². The molecule has 3 nitrogen and oxygen atoms in total. The van der Waals surface area contributed by atoms with Crippen LogP contribution in [0.3, 0.4) is 0 Å². The summed E-state index contributed by atoms with van der Waals surface area (Å²) in [6, 6.07) is 15.7. The predicted octanol–water partition coefficient (Wildman–Crippen LogP) is 4.78. The maximum absolute atomic E-state index is 11.9. The zero-order valence-electron chi connectivity index (χ0n) is 14.0. The summed E-state index contributed by atoms with van der Waals surface area (Å²) in [5.41, 5.74) is 0.998. The minimum Gasteiger partial charge on any atom is -0.396 e. The molecule has 2 N–H and O–H groups in total. The molecule has 2 rings (SSSR count). The second-order valence-electron chi connectivity index (χ2n) is 5.50. The van der Waals surface area contributed by atoms with Gasteiger partial charge in [-0.2, -0.15) is 0 Å². The third kappa shape index (κ3) is 7.34. The average Bonchev–Trinajstić information content (AvgIpc) is 2.63. The third-order valence-electron chi connectivity index (χ3n) is 3.51. The molecule has 0 atom stereocenters. The van der Waals surface area contributed by atoms with Crippen LogP contribution in [0.15, 0.2) is 64.4 Å². The molecular formula is C20H22ClNO2S. The molecule has 1 amide bonds. The molecule has 25 heavy (non-hydrogen) atoms. The second-order valence-corrected chi connectivity index (χ2v) is 7.05. The van der Waals surface area contributed by atoms with Crippen LogP contribution in [-0.4, -0.2) is 24.2 Å². The van der Waals surface area contributed by atoms with Crippen LogP contribution in [-0.2, 0) is 4.79 Å². The Morgan fingerprint density at radius 1 is 1.08 bits per heavy atom. The number of carbonyl (C=O) groups is 1. The summed E-state index contributed by atoms with van der Waals surface area (Å²) in [6.45, 7) is 0.834. The molecule has 132 valence electrons. The van der Waals surface area contributed by atoms with E-state index in [0.29, 0.717) is 11.6 Å². The predicted molar refractivity (Wildman–Crippen MR) is 105 cm³/mol. The Bertz CT molecular complexity index is 701. The Hall–Kier alpha value is -1.75. The van der Waals surface area contributed by atoms with Crippen molar-refractivity contribution in [3.8, 4) is 0 Å². The molecule has 0 aliphatic carbocycles. The van der Waals surface area contributed by atoms with Crippen molar-refractivity contribution in [3.05, 3.63) is 65.2 Å². The lowest BCUT2D eigenvalue weighted by atomic mass is 10.2. The van der Waals surface area contributed by atoms with Crippen LogP contribution in [0, 0.1) is 0 Å². The summed E-state index contributed by atoms with van der Waals surface area (Å²) in [5, 5.41) is 12.3. The van der Waals surface area contributed by atoms with Gasteiger partial charge >= 0.3 is 0 Å². The molecule has 0 saturated heterocycles. The SMILES string of the molecule is O=C(/C=C/c1ccccc1Sc1ccc(Cl)cc1)NCCCCCO. The number of hydrogen-bond donors (Lipinski definition) is 2. The van der Waals surface area contributed by atoms with Gasteiger partial charge in [0.15, 0.2) is 0 Å². The van der Waals surface area contributed by atoms with Crippen LogP contribution in [0.5, 0.6) is 0 Å². The number of amides is 1. The van der Waals surface area contributed by atoms with Gasteiger partial charge in [-0.15, -0.1) is 0 Å². The van der Waals surface area contributed by atoms with Crippen molar-refractivity contribution in [2.75, 3.05) is 13.2 Å². The first kappa shape index (κ1) is 19.6. The minimum atomic E-state index is -0.102. The van der Waals surface area contributed by atoms with Gasteiger partial charge in [-0.1, -0.05) is 41.6 Å². The lowest BCUT2D eigenvalue weighted by molar-refractivity contribution is -0.116. The summed E-state index contributed by atoms with van der Waals surface area (Å²) in [7, 11) is 0. The molecule has 0 heterocycles. The second kappa shape index (κ2) is 11.0. The van der Waals surface area contributed by atoms with Crippen LogP contribution in [0.2, 0.25) is 5.02 Å². The van der Waals surface area contributed by atoms with E-state index in [0.717, 1.165) is 34.6 Å². The molecule has 2 aromatic carbocycles. The molecule has 0 spiro atoms. The molecule has 0 aliphatic heterocycles. The normalized spacial score (nSPS) is 11.0. The highest BCUT2D eigenvalue weighted by atomic mass is 35.5. The largest absolute Gasteiger partial charge is 0.396 e. The third-order valence-corrected chi connectivity index (χ3v) is 4.86. The van der Waals surface area contributed by atoms with Crippen LogP contribution in [0.25, 0.3) is 6.08 Å². The molecule has 0 aliphatic rings. The lowest BCUT2D eigenvalue weighted by Crippen LogP contribution is -2.22. The van der Waals surface area contributed by atoms with E-state index in [4.69, 9.17) is 16.7 Å². The summed E-state index contributed by atoms with van der Waals surface area (Å²) in [6.07, 6.45) is 5.97. The van der Waals surface area contributed by atoms with Crippen LogP contribution in [0.1, 0.15) is 24.8 Å². The van der Waals surface area contributed by atoms with Gasteiger partial charge in [-0.05, 0) is 61.2 Å². The fourth-order valence-corrected chi connectivity index (χ4v) is 3.24. The van der Waals surface area contributed by atoms with Gasteiger partial charge in [0.1, 0.15) is 0 Å². The summed E-state index contributed by atoms with van der Waals surface area (Å²) < 4.78 is 0. The first-order valence-corrected chi connectivity index (χ1v) is 9.47. The number of halogens is 1. The minimum absolute atomic E-state index is 0.102. The van der Waals surface area contributed by atoms with E-state index < -0.39 is 0 Å². The highest BCUT2D eigenvalue weighted by Crippen LogP contribution is 2.31. The molecule has 0 aromatic heterocycles. The first-order valence-electron chi connectivity index (χ1n) is 8.28. The topological polar surface area (TPSA) is 49.3 Å². The van der Waals surface area contributed by atoms with E-state index in [1.807, 2.05) is 54.6 Å². The monoisotopic (exact) mass is 375 g/mol. The fraction of sp³-hybridized carbons (Fsp3) is 0.250. The highest BCUT2D eigenvalue weighted by Gasteiger charge is 2.03. The molecule has 0 unspecified atom stereocenters. The fourth-order valence-electron chi connectivity index (χ4n) is 2.19. The number of nitrogens with one attached hydrogen (secondary N) is 1. The maximum Gasteiger partial charge on any atom is 0.243 e. The molecule has 2 aromatic rings. The first-order chi connectivity index (χ1) is 12.2. The van der Waals surface area contributed by atoms with Crippen LogP contribution >= 0.6 is 23.4 Å². The molecule has 0 radical (unpaired) electrons. The van der Waals surface area contributed by atoms with Crippen molar-refractivity contribution >= 4 is 35.3 Å². The summed E-state index contributed by atoms with van der Waals surface area (Å²) in [4.78, 5) is 14.1. The Labute approximate surface area is 158 Å². The summed E-state index contributed by atoms with van der Waals surface area (Å²) in [5.74, 6) is -0.102. The molecule has 0 bridgehead atoms. The van der Waals surface area contributed by atoms with Crippen LogP contribution < -0.4 is 5.32 Å². The van der Waals surface area contributed by atoms with Gasteiger partial charge in [0.05, 0.1) is 0 Å². The number of carbonyl (C=O) groups excluding carboxylic acids is 1. The van der Waals surface area contributed by atoms with E-state index in [1.165, 1.54) is 0 Å². The number of aliphatic hydroxyl groups is 1. The van der Waals surface area contributed by atoms with Crippen molar-refractivity contribution in [1.82, 2.24) is 5.32 Å². The van der Waals surface area contributed by atoms with Gasteiger partial charge in [-0.25, -0.2) is 0 Å².